The van der Waals surface area contributed by atoms with Crippen molar-refractivity contribution in [3.8, 4) is 0 Å². The maximum absolute atomic E-state index is 14.6. The van der Waals surface area contributed by atoms with Gasteiger partial charge in [-0.3, -0.25) is 14.4 Å². The minimum absolute atomic E-state index is 0.270. The van der Waals surface area contributed by atoms with E-state index in [1.165, 1.54) is 4.90 Å². The zero-order chi connectivity index (χ0) is 30.4. The summed E-state index contributed by atoms with van der Waals surface area (Å²) in [5, 5.41) is 17.1. The first kappa shape index (κ1) is 29.4. The molecule has 3 aliphatic heterocycles. The van der Waals surface area contributed by atoms with E-state index in [0.717, 1.165) is 11.1 Å². The molecule has 224 valence electrons. The van der Waals surface area contributed by atoms with Crippen LogP contribution in [0.3, 0.4) is 0 Å². The summed E-state index contributed by atoms with van der Waals surface area (Å²) in [5.41, 5.74) is 0.725. The fraction of sp³-hybridized carbons (Fsp3) is 0.382. The van der Waals surface area contributed by atoms with Crippen molar-refractivity contribution >= 4 is 35.0 Å². The van der Waals surface area contributed by atoms with Crippen molar-refractivity contribution in [2.24, 2.45) is 11.8 Å². The van der Waals surface area contributed by atoms with Crippen molar-refractivity contribution in [2.75, 3.05) is 11.9 Å². The van der Waals surface area contributed by atoms with Gasteiger partial charge < -0.3 is 25.4 Å². The highest BCUT2D eigenvalue weighted by atomic mass is 35.5. The molecule has 8 nitrogen and oxygen atoms in total. The number of rotatable bonds is 9. The fourth-order valence-electron chi connectivity index (χ4n) is 7.60. The van der Waals surface area contributed by atoms with E-state index in [2.05, 4.69) is 10.6 Å². The lowest BCUT2D eigenvalue weighted by Crippen LogP contribution is -2.54. The van der Waals surface area contributed by atoms with Crippen LogP contribution in [0.25, 0.3) is 0 Å². The number of aryl methyl sites for hydroxylation is 1. The molecular formula is C34H36ClN3O5. The van der Waals surface area contributed by atoms with E-state index in [9.17, 15) is 19.5 Å². The molecule has 0 aliphatic carbocycles. The SMILES string of the molecule is CC[C@@]12CCC3(O1)C(C(=O)Nc1c(C)cccc1Cl)N([C@H](CO)c1ccccc1)C(=O)[C@@H]3[C@@H]2C(=O)NCc1ccccc1. The number of nitrogens with zero attached hydrogens (tertiary/aromatic N) is 1. The molecule has 2 bridgehead atoms. The van der Waals surface area contributed by atoms with Gasteiger partial charge in [-0.05, 0) is 48.9 Å². The molecule has 3 saturated heterocycles. The lowest BCUT2D eigenvalue weighted by atomic mass is 9.65. The predicted molar refractivity (Wildman–Crippen MR) is 163 cm³/mol. The second-order valence-corrected chi connectivity index (χ2v) is 12.2. The smallest absolute Gasteiger partial charge is 0.250 e. The van der Waals surface area contributed by atoms with E-state index in [1.807, 2.05) is 80.6 Å². The largest absolute Gasteiger partial charge is 0.394 e. The van der Waals surface area contributed by atoms with Crippen LogP contribution in [-0.4, -0.2) is 51.6 Å². The van der Waals surface area contributed by atoms with Gasteiger partial charge >= 0.3 is 0 Å². The molecule has 1 spiro atoms. The number of para-hydroxylation sites is 1. The number of carbonyl (C=O) groups is 3. The third-order valence-electron chi connectivity index (χ3n) is 9.62. The number of halogens is 1. The second kappa shape index (κ2) is 11.4. The standard InChI is InChI=1S/C34H36ClN3O5/c1-3-33-17-18-34(43-33)27(26(33)30(40)36-19-22-12-6-4-7-13-22)32(42)38(25(20-39)23-14-8-5-9-15-23)29(34)31(41)37-28-21(2)11-10-16-24(28)35/h4-16,25-27,29,39H,3,17-20H2,1-2H3,(H,36,40)(H,37,41)/t25-,26-,27+,29?,33+,34?/m1/s1. The van der Waals surface area contributed by atoms with Crippen LogP contribution >= 0.6 is 11.6 Å². The summed E-state index contributed by atoms with van der Waals surface area (Å²) in [6.07, 6.45) is 1.49. The zero-order valence-electron chi connectivity index (χ0n) is 24.3. The van der Waals surface area contributed by atoms with E-state index in [1.54, 1.807) is 12.1 Å². The number of benzene rings is 3. The zero-order valence-corrected chi connectivity index (χ0v) is 25.0. The summed E-state index contributed by atoms with van der Waals surface area (Å²) >= 11 is 6.49. The molecule has 3 heterocycles. The Labute approximate surface area is 256 Å². The summed E-state index contributed by atoms with van der Waals surface area (Å²) < 4.78 is 6.87. The fourth-order valence-corrected chi connectivity index (χ4v) is 7.86. The number of aliphatic hydroxyl groups is 1. The van der Waals surface area contributed by atoms with Gasteiger partial charge in [0.15, 0.2) is 0 Å². The first-order valence-electron chi connectivity index (χ1n) is 14.8. The van der Waals surface area contributed by atoms with Crippen molar-refractivity contribution in [2.45, 2.75) is 62.9 Å². The van der Waals surface area contributed by atoms with E-state index in [0.29, 0.717) is 42.1 Å². The van der Waals surface area contributed by atoms with Crippen molar-refractivity contribution in [3.63, 3.8) is 0 Å². The first-order valence-corrected chi connectivity index (χ1v) is 15.2. The molecule has 3 amide bonds. The number of ether oxygens (including phenoxy) is 1. The van der Waals surface area contributed by atoms with Gasteiger partial charge in [0.05, 0.1) is 40.8 Å². The lowest BCUT2D eigenvalue weighted by molar-refractivity contribution is -0.149. The van der Waals surface area contributed by atoms with E-state index >= 15 is 0 Å². The Bertz CT molecular complexity index is 1520. The van der Waals surface area contributed by atoms with Crippen LogP contribution in [0.15, 0.2) is 78.9 Å². The number of fused-ring (bicyclic) bond motifs is 1. The topological polar surface area (TPSA) is 108 Å². The molecule has 9 heteroatoms. The summed E-state index contributed by atoms with van der Waals surface area (Å²) in [6, 6.07) is 22.2. The highest BCUT2D eigenvalue weighted by Gasteiger charge is 2.79. The lowest BCUT2D eigenvalue weighted by Gasteiger charge is -2.37. The molecule has 3 aromatic rings. The van der Waals surface area contributed by atoms with Crippen molar-refractivity contribution in [3.05, 3.63) is 101 Å². The maximum atomic E-state index is 14.6. The molecule has 0 radical (unpaired) electrons. The number of nitrogens with one attached hydrogen (secondary N) is 2. The van der Waals surface area contributed by atoms with Crippen molar-refractivity contribution < 1.29 is 24.2 Å². The van der Waals surface area contributed by atoms with Crippen LogP contribution < -0.4 is 10.6 Å². The molecule has 2 unspecified atom stereocenters. The van der Waals surface area contributed by atoms with Gasteiger partial charge in [0.2, 0.25) is 17.7 Å². The third-order valence-corrected chi connectivity index (χ3v) is 9.94. The van der Waals surface area contributed by atoms with Gasteiger partial charge in [-0.2, -0.15) is 0 Å². The van der Waals surface area contributed by atoms with Gasteiger partial charge in [0.1, 0.15) is 11.6 Å². The summed E-state index contributed by atoms with van der Waals surface area (Å²) in [7, 11) is 0. The Morgan fingerprint density at radius 1 is 1.02 bits per heavy atom. The molecule has 0 aromatic heterocycles. The Kier molecular flexibility index (Phi) is 7.79. The maximum Gasteiger partial charge on any atom is 0.250 e. The van der Waals surface area contributed by atoms with E-state index < -0.39 is 47.6 Å². The van der Waals surface area contributed by atoms with Crippen LogP contribution in [-0.2, 0) is 25.7 Å². The Morgan fingerprint density at radius 2 is 1.72 bits per heavy atom. The molecule has 3 N–H and O–H groups in total. The van der Waals surface area contributed by atoms with Gasteiger partial charge in [0, 0.05) is 6.54 Å². The van der Waals surface area contributed by atoms with E-state index in [4.69, 9.17) is 16.3 Å². The minimum Gasteiger partial charge on any atom is -0.394 e. The van der Waals surface area contributed by atoms with Gasteiger partial charge in [-0.25, -0.2) is 0 Å². The summed E-state index contributed by atoms with van der Waals surface area (Å²) in [5.74, 6) is -2.78. The number of aliphatic hydroxyl groups excluding tert-OH is 1. The molecule has 3 aromatic carbocycles. The second-order valence-electron chi connectivity index (χ2n) is 11.8. The quantitative estimate of drug-likeness (QED) is 0.327. The number of carbonyl (C=O) groups excluding carboxylic acids is 3. The number of amides is 3. The van der Waals surface area contributed by atoms with E-state index in [-0.39, 0.29) is 11.8 Å². The van der Waals surface area contributed by atoms with Gasteiger partial charge in [-0.15, -0.1) is 0 Å². The highest BCUT2D eigenvalue weighted by Crippen LogP contribution is 2.65. The van der Waals surface area contributed by atoms with Crippen LogP contribution in [0.1, 0.15) is 48.9 Å². The molecule has 6 atom stereocenters. The van der Waals surface area contributed by atoms with Crippen LogP contribution in [0.4, 0.5) is 5.69 Å². The Balaban J connectivity index is 1.42. The average Bonchev–Trinajstić information content (AvgIpc) is 3.63. The minimum atomic E-state index is -1.25. The number of likely N-dealkylation sites (tertiary alicyclic amines) is 1. The van der Waals surface area contributed by atoms with Crippen LogP contribution in [0.5, 0.6) is 0 Å². The van der Waals surface area contributed by atoms with Crippen LogP contribution in [0, 0.1) is 18.8 Å². The molecule has 43 heavy (non-hydrogen) atoms. The van der Waals surface area contributed by atoms with Gasteiger partial charge in [0.25, 0.3) is 0 Å². The first-order chi connectivity index (χ1) is 20.8. The monoisotopic (exact) mass is 601 g/mol. The molecule has 3 fully saturated rings. The Hall–Kier alpha value is -3.72. The van der Waals surface area contributed by atoms with Crippen molar-refractivity contribution in [1.29, 1.82) is 0 Å². The average molecular weight is 602 g/mol. The Morgan fingerprint density at radius 3 is 2.37 bits per heavy atom. The summed E-state index contributed by atoms with van der Waals surface area (Å²) in [6.45, 7) is 3.71. The number of hydrogen-bond donors (Lipinski definition) is 3. The molecular weight excluding hydrogens is 566 g/mol. The molecule has 3 aliphatic rings. The van der Waals surface area contributed by atoms with Gasteiger partial charge in [-0.1, -0.05) is 91.3 Å². The predicted octanol–water partition coefficient (Wildman–Crippen LogP) is 4.79. The van der Waals surface area contributed by atoms with Crippen LogP contribution in [0.2, 0.25) is 5.02 Å². The van der Waals surface area contributed by atoms with Crippen molar-refractivity contribution in [1.82, 2.24) is 10.2 Å². The number of anilines is 1. The number of hydrogen-bond acceptors (Lipinski definition) is 5. The summed E-state index contributed by atoms with van der Waals surface area (Å²) in [4.78, 5) is 44.5. The molecule has 0 saturated carbocycles. The third kappa shape index (κ3) is 4.72. The normalized spacial score (nSPS) is 28.0. The molecule has 6 rings (SSSR count). The highest BCUT2D eigenvalue weighted by molar-refractivity contribution is 6.34.